The van der Waals surface area contributed by atoms with E-state index in [1.165, 1.54) is 31.2 Å². The Morgan fingerprint density at radius 2 is 1.76 bits per heavy atom. The summed E-state index contributed by atoms with van der Waals surface area (Å²) in [5.41, 5.74) is 1.08. The highest BCUT2D eigenvalue weighted by Crippen LogP contribution is 2.45. The summed E-state index contributed by atoms with van der Waals surface area (Å²) in [6.07, 6.45) is 8.88. The highest BCUT2D eigenvalue weighted by molar-refractivity contribution is 7.56. The van der Waals surface area contributed by atoms with E-state index in [9.17, 15) is 33.6 Å². The number of anilines is 1. The average molecular weight is 720 g/mol. The molecule has 1 aliphatic carbocycles. The largest absolute Gasteiger partial charge is 0.392 e. The minimum Gasteiger partial charge on any atom is -0.392 e. The van der Waals surface area contributed by atoms with Crippen LogP contribution in [0, 0.1) is 17.7 Å². The lowest BCUT2D eigenvalue weighted by molar-refractivity contribution is -0.137. The molecule has 5 amide bonds. The number of hydrogen-bond donors (Lipinski definition) is 5. The highest BCUT2D eigenvalue weighted by Gasteiger charge is 2.29. The summed E-state index contributed by atoms with van der Waals surface area (Å²) in [7, 11) is -3.24. The van der Waals surface area contributed by atoms with Crippen molar-refractivity contribution >= 4 is 42.7 Å². The van der Waals surface area contributed by atoms with Crippen LogP contribution in [-0.2, 0) is 39.7 Å². The molecule has 1 fully saturated rings. The summed E-state index contributed by atoms with van der Waals surface area (Å²) in [6, 6.07) is 2.14. The molecule has 2 aliphatic rings. The van der Waals surface area contributed by atoms with Gasteiger partial charge in [0.25, 0.3) is 19.3 Å². The predicted molar refractivity (Wildman–Crippen MR) is 187 cm³/mol. The van der Waals surface area contributed by atoms with Crippen molar-refractivity contribution in [2.45, 2.75) is 91.3 Å². The van der Waals surface area contributed by atoms with Crippen molar-refractivity contribution in [3.8, 4) is 0 Å². The van der Waals surface area contributed by atoms with E-state index in [0.29, 0.717) is 43.7 Å². The van der Waals surface area contributed by atoms with Crippen molar-refractivity contribution < 1.29 is 42.6 Å². The third-order valence-corrected chi connectivity index (χ3v) is 10.5. The topological polar surface area (TPSA) is 183 Å². The second kappa shape index (κ2) is 19.6. The van der Waals surface area contributed by atoms with Crippen molar-refractivity contribution in [3.63, 3.8) is 0 Å². The molecule has 50 heavy (non-hydrogen) atoms. The van der Waals surface area contributed by atoms with Crippen molar-refractivity contribution in [2.75, 3.05) is 31.2 Å². The molecule has 1 unspecified atom stereocenters. The van der Waals surface area contributed by atoms with Gasteiger partial charge in [-0.3, -0.25) is 33.4 Å². The van der Waals surface area contributed by atoms with Gasteiger partial charge in [0.2, 0.25) is 17.7 Å². The Balaban J connectivity index is 1.46. The summed E-state index contributed by atoms with van der Waals surface area (Å²) in [5.74, 6) is -2.82. The van der Waals surface area contributed by atoms with Gasteiger partial charge in [-0.05, 0) is 75.5 Å². The monoisotopic (exact) mass is 719 g/mol. The van der Waals surface area contributed by atoms with Gasteiger partial charge in [-0.25, -0.2) is 9.48 Å². The molecule has 276 valence electrons. The third kappa shape index (κ3) is 13.5. The van der Waals surface area contributed by atoms with Crippen molar-refractivity contribution in [1.82, 2.24) is 20.6 Å². The SMILES string of the molecule is C/C(=C\CCP(=O)(NCC1CC1)OCc1ccc(NC(=O)[C@H](C)NC(=O)[C@@H](NC(=O)CCCCCN2C(=O)C=CC2=O)C(C)C)c(F)c1)CO. The van der Waals surface area contributed by atoms with Gasteiger partial charge >= 0.3 is 0 Å². The van der Waals surface area contributed by atoms with E-state index in [2.05, 4.69) is 21.0 Å². The zero-order valence-electron chi connectivity index (χ0n) is 29.3. The summed E-state index contributed by atoms with van der Waals surface area (Å²) in [4.78, 5) is 62.9. The molecule has 13 nitrogen and oxygen atoms in total. The van der Waals surface area contributed by atoms with Crippen molar-refractivity contribution in [1.29, 1.82) is 0 Å². The fourth-order valence-corrected chi connectivity index (χ4v) is 6.77. The average Bonchev–Trinajstić information content (AvgIpc) is 3.85. The molecule has 15 heteroatoms. The first-order valence-corrected chi connectivity index (χ1v) is 19.0. The van der Waals surface area contributed by atoms with E-state index in [-0.39, 0.29) is 61.7 Å². The number of benzene rings is 1. The maximum absolute atomic E-state index is 15.0. The highest BCUT2D eigenvalue weighted by atomic mass is 31.2. The molecule has 0 spiro atoms. The molecule has 0 bridgehead atoms. The van der Waals surface area contributed by atoms with E-state index in [0.717, 1.165) is 23.3 Å². The Morgan fingerprint density at radius 3 is 2.38 bits per heavy atom. The number of nitrogens with zero attached hydrogens (tertiary/aromatic N) is 1. The van der Waals surface area contributed by atoms with Gasteiger partial charge in [0.15, 0.2) is 0 Å². The number of hydrogen-bond acceptors (Lipinski definition) is 8. The zero-order valence-corrected chi connectivity index (χ0v) is 30.2. The lowest BCUT2D eigenvalue weighted by atomic mass is 10.0. The third-order valence-electron chi connectivity index (χ3n) is 8.42. The molecule has 0 aromatic heterocycles. The summed E-state index contributed by atoms with van der Waals surface area (Å²) in [6.45, 7) is 7.39. The van der Waals surface area contributed by atoms with Crippen LogP contribution in [0.2, 0.25) is 0 Å². The van der Waals surface area contributed by atoms with E-state index in [1.807, 2.05) is 6.08 Å². The second-order valence-corrected chi connectivity index (χ2v) is 15.6. The second-order valence-electron chi connectivity index (χ2n) is 13.3. The molecule has 1 aliphatic heterocycles. The number of carbonyl (C=O) groups excluding carboxylic acids is 5. The molecular formula is C35H51FN5O8P. The van der Waals surface area contributed by atoms with Crippen LogP contribution >= 0.6 is 7.52 Å². The van der Waals surface area contributed by atoms with Crippen LogP contribution in [0.1, 0.15) is 78.2 Å². The number of aliphatic hydroxyl groups excluding tert-OH is 1. The fourth-order valence-electron chi connectivity index (χ4n) is 5.03. The van der Waals surface area contributed by atoms with Crippen LogP contribution in [0.3, 0.4) is 0 Å². The Kier molecular flexibility index (Phi) is 16.0. The molecule has 1 saturated carbocycles. The van der Waals surface area contributed by atoms with Crippen LogP contribution < -0.4 is 21.0 Å². The molecular weight excluding hydrogens is 668 g/mol. The molecule has 5 N–H and O–H groups in total. The number of nitrogens with one attached hydrogen (secondary N) is 4. The minimum absolute atomic E-state index is 0.0813. The molecule has 0 radical (unpaired) electrons. The van der Waals surface area contributed by atoms with Crippen LogP contribution in [0.5, 0.6) is 0 Å². The van der Waals surface area contributed by atoms with Gasteiger partial charge in [-0.15, -0.1) is 0 Å². The number of carbonyl (C=O) groups is 5. The number of amides is 5. The predicted octanol–water partition coefficient (Wildman–Crippen LogP) is 3.93. The molecule has 1 aromatic carbocycles. The number of halogens is 1. The fraction of sp³-hybridized carbons (Fsp3) is 0.571. The smallest absolute Gasteiger partial charge is 0.270 e. The molecule has 0 saturated heterocycles. The van der Waals surface area contributed by atoms with Crippen LogP contribution in [0.4, 0.5) is 10.1 Å². The number of allylic oxidation sites excluding steroid dienone is 1. The van der Waals surface area contributed by atoms with E-state index in [1.54, 1.807) is 26.8 Å². The van der Waals surface area contributed by atoms with E-state index in [4.69, 9.17) is 4.52 Å². The first kappa shape index (κ1) is 40.7. The van der Waals surface area contributed by atoms with Crippen molar-refractivity contribution in [2.24, 2.45) is 11.8 Å². The quantitative estimate of drug-likeness (QED) is 0.0513. The minimum atomic E-state index is -3.24. The first-order valence-electron chi connectivity index (χ1n) is 17.2. The number of rotatable bonds is 22. The lowest BCUT2D eigenvalue weighted by Crippen LogP contribution is -2.53. The van der Waals surface area contributed by atoms with Crippen LogP contribution in [-0.4, -0.2) is 77.5 Å². The van der Waals surface area contributed by atoms with Gasteiger partial charge in [0.1, 0.15) is 17.9 Å². The first-order chi connectivity index (χ1) is 23.7. The summed E-state index contributed by atoms with van der Waals surface area (Å²) >= 11 is 0. The maximum atomic E-state index is 15.0. The number of aliphatic hydroxyl groups is 1. The Morgan fingerprint density at radius 1 is 1.06 bits per heavy atom. The molecule has 1 heterocycles. The van der Waals surface area contributed by atoms with Crippen LogP contribution in [0.15, 0.2) is 42.0 Å². The van der Waals surface area contributed by atoms with E-state index >= 15 is 4.39 Å². The Bertz CT molecular complexity index is 1480. The molecule has 1 aromatic rings. The number of imide groups is 1. The standard InChI is InChI=1S/C35H51FN5O8P/c1-23(2)33(40-30(43)10-6-5-7-17-41-31(44)15-16-32(41)45)35(47)38-25(4)34(46)39-29-14-13-27(19-28(29)36)22-49-50(48,37-20-26-11-12-26)18-8-9-24(3)21-42/h9,13-16,19,23,25-26,33,42H,5-8,10-12,17-18,20-22H2,1-4H3,(H,37,48)(H,38,47)(H,39,46)(H,40,43)/b24-9+/t25-,33-,50?/m0/s1. The summed E-state index contributed by atoms with van der Waals surface area (Å²) < 4.78 is 34.3. The Labute approximate surface area is 293 Å². The molecule has 3 rings (SSSR count). The lowest BCUT2D eigenvalue weighted by Gasteiger charge is -2.24. The van der Waals surface area contributed by atoms with Gasteiger partial charge in [-0.2, -0.15) is 0 Å². The van der Waals surface area contributed by atoms with Gasteiger partial charge in [0, 0.05) is 37.8 Å². The normalized spacial score (nSPS) is 17.1. The zero-order chi connectivity index (χ0) is 36.8. The summed E-state index contributed by atoms with van der Waals surface area (Å²) in [5, 5.41) is 20.0. The maximum Gasteiger partial charge on any atom is 0.270 e. The van der Waals surface area contributed by atoms with Crippen LogP contribution in [0.25, 0.3) is 0 Å². The van der Waals surface area contributed by atoms with Gasteiger partial charge in [0.05, 0.1) is 18.9 Å². The van der Waals surface area contributed by atoms with Gasteiger partial charge in [-0.1, -0.05) is 38.0 Å². The molecule has 3 atom stereocenters. The number of unbranched alkanes of at least 4 members (excludes halogenated alkanes) is 2. The van der Waals surface area contributed by atoms with Crippen molar-refractivity contribution in [3.05, 3.63) is 53.4 Å². The van der Waals surface area contributed by atoms with Gasteiger partial charge < -0.3 is 25.6 Å². The van der Waals surface area contributed by atoms with E-state index < -0.39 is 37.2 Å². The Hall–Kier alpha value is -3.71.